The number of H-pyrrole nitrogens is 2. The summed E-state index contributed by atoms with van der Waals surface area (Å²) >= 11 is 0. The molecule has 1 heterocycles. The quantitative estimate of drug-likeness (QED) is 0.745. The van der Waals surface area contributed by atoms with Gasteiger partial charge in [0.15, 0.2) is 0 Å². The van der Waals surface area contributed by atoms with E-state index < -0.39 is 0 Å². The Labute approximate surface area is 94.9 Å². The van der Waals surface area contributed by atoms with Gasteiger partial charge in [0.25, 0.3) is 0 Å². The second-order valence-electron chi connectivity index (χ2n) is 4.23. The molecule has 0 atom stereocenters. The number of nitrogens with one attached hydrogen (secondary N) is 2. The van der Waals surface area contributed by atoms with Crippen LogP contribution in [0.5, 0.6) is 0 Å². The predicted molar refractivity (Wildman–Crippen MR) is 66.8 cm³/mol. The van der Waals surface area contributed by atoms with Gasteiger partial charge in [-0.05, 0) is 24.5 Å². The fourth-order valence-corrected chi connectivity index (χ4v) is 2.07. The highest BCUT2D eigenvalue weighted by molar-refractivity contribution is 5.78. The second kappa shape index (κ2) is 5.01. The van der Waals surface area contributed by atoms with Crippen LogP contribution in [0, 0.1) is 0 Å². The summed E-state index contributed by atoms with van der Waals surface area (Å²) < 4.78 is 0. The predicted octanol–water partition coefficient (Wildman–Crippen LogP) is 2.98. The molecular formula is C13H18N2O. The number of para-hydroxylation sites is 1. The first-order valence-electron chi connectivity index (χ1n) is 6.01. The summed E-state index contributed by atoms with van der Waals surface area (Å²) in [6.45, 7) is 2.21. The standard InChI is InChI=1S/C13H18N2O/c1-2-3-4-5-7-10-8-6-9-11-12(10)15-13(16)14-11/h6,8-9H,2-5,7H2,1H3,(H2,14,15,16). The topological polar surface area (TPSA) is 48.6 Å². The van der Waals surface area contributed by atoms with Gasteiger partial charge in [-0.2, -0.15) is 0 Å². The molecule has 2 N–H and O–H groups in total. The summed E-state index contributed by atoms with van der Waals surface area (Å²) in [6.07, 6.45) is 6.05. The summed E-state index contributed by atoms with van der Waals surface area (Å²) in [5.74, 6) is 0. The molecule has 0 radical (unpaired) electrons. The number of benzene rings is 1. The average molecular weight is 218 g/mol. The van der Waals surface area contributed by atoms with Crippen LogP contribution in [0.3, 0.4) is 0 Å². The van der Waals surface area contributed by atoms with Gasteiger partial charge in [-0.25, -0.2) is 4.79 Å². The molecule has 0 aliphatic rings. The Hall–Kier alpha value is -1.51. The first-order chi connectivity index (χ1) is 7.81. The van der Waals surface area contributed by atoms with E-state index in [4.69, 9.17) is 0 Å². The zero-order valence-electron chi connectivity index (χ0n) is 9.68. The monoisotopic (exact) mass is 218 g/mol. The molecule has 2 rings (SSSR count). The number of hydrogen-bond donors (Lipinski definition) is 2. The Kier molecular flexibility index (Phi) is 3.44. The van der Waals surface area contributed by atoms with Crippen LogP contribution in [0.1, 0.15) is 38.2 Å². The van der Waals surface area contributed by atoms with Crippen molar-refractivity contribution in [3.8, 4) is 0 Å². The zero-order chi connectivity index (χ0) is 11.4. The summed E-state index contributed by atoms with van der Waals surface area (Å²) in [5, 5.41) is 0. The highest BCUT2D eigenvalue weighted by atomic mass is 16.1. The molecule has 2 aromatic rings. The maximum Gasteiger partial charge on any atom is 0.323 e. The number of unbranched alkanes of at least 4 members (excludes halogenated alkanes) is 3. The number of hydrogen-bond acceptors (Lipinski definition) is 1. The molecule has 86 valence electrons. The highest BCUT2D eigenvalue weighted by Gasteiger charge is 2.03. The smallest absolute Gasteiger partial charge is 0.306 e. The van der Waals surface area contributed by atoms with Crippen molar-refractivity contribution in [1.29, 1.82) is 0 Å². The Bertz CT molecular complexity index is 510. The number of aryl methyl sites for hydroxylation is 1. The molecule has 0 unspecified atom stereocenters. The molecule has 0 saturated carbocycles. The molecule has 0 bridgehead atoms. The van der Waals surface area contributed by atoms with E-state index in [0.29, 0.717) is 0 Å². The van der Waals surface area contributed by atoms with Gasteiger partial charge in [-0.1, -0.05) is 38.3 Å². The molecule has 0 fully saturated rings. The van der Waals surface area contributed by atoms with Crippen LogP contribution < -0.4 is 5.69 Å². The highest BCUT2D eigenvalue weighted by Crippen LogP contribution is 2.16. The van der Waals surface area contributed by atoms with Crippen LogP contribution in [0.2, 0.25) is 0 Å². The molecule has 0 spiro atoms. The van der Waals surface area contributed by atoms with Crippen LogP contribution in [0.15, 0.2) is 23.0 Å². The van der Waals surface area contributed by atoms with Crippen LogP contribution in [-0.4, -0.2) is 9.97 Å². The van der Waals surface area contributed by atoms with E-state index in [1.54, 1.807) is 0 Å². The Morgan fingerprint density at radius 1 is 1.12 bits per heavy atom. The Morgan fingerprint density at radius 3 is 2.81 bits per heavy atom. The van der Waals surface area contributed by atoms with E-state index in [2.05, 4.69) is 23.0 Å². The Balaban J connectivity index is 2.14. The minimum absolute atomic E-state index is 0.115. The van der Waals surface area contributed by atoms with Crippen molar-refractivity contribution in [2.75, 3.05) is 0 Å². The molecule has 0 saturated heterocycles. The van der Waals surface area contributed by atoms with Crippen molar-refractivity contribution in [3.63, 3.8) is 0 Å². The molecule has 3 nitrogen and oxygen atoms in total. The second-order valence-corrected chi connectivity index (χ2v) is 4.23. The van der Waals surface area contributed by atoms with E-state index in [-0.39, 0.29) is 5.69 Å². The molecule has 1 aromatic heterocycles. The van der Waals surface area contributed by atoms with Gasteiger partial charge in [0.2, 0.25) is 0 Å². The zero-order valence-corrected chi connectivity index (χ0v) is 9.68. The maximum atomic E-state index is 11.2. The number of aromatic amines is 2. The van der Waals surface area contributed by atoms with Gasteiger partial charge in [-0.3, -0.25) is 0 Å². The lowest BCUT2D eigenvalue weighted by Crippen LogP contribution is -1.99. The van der Waals surface area contributed by atoms with Crippen LogP contribution >= 0.6 is 0 Å². The van der Waals surface area contributed by atoms with Crippen LogP contribution in [0.25, 0.3) is 11.0 Å². The largest absolute Gasteiger partial charge is 0.323 e. The third-order valence-corrected chi connectivity index (χ3v) is 2.94. The minimum Gasteiger partial charge on any atom is -0.306 e. The lowest BCUT2D eigenvalue weighted by molar-refractivity contribution is 0.668. The maximum absolute atomic E-state index is 11.2. The number of fused-ring (bicyclic) bond motifs is 1. The lowest BCUT2D eigenvalue weighted by atomic mass is 10.1. The molecule has 0 aliphatic carbocycles. The van der Waals surface area contributed by atoms with Gasteiger partial charge in [0.05, 0.1) is 11.0 Å². The summed E-state index contributed by atoms with van der Waals surface area (Å²) in [4.78, 5) is 16.9. The third-order valence-electron chi connectivity index (χ3n) is 2.94. The van der Waals surface area contributed by atoms with Crippen molar-refractivity contribution in [3.05, 3.63) is 34.2 Å². The van der Waals surface area contributed by atoms with E-state index in [1.165, 1.54) is 31.2 Å². The summed E-state index contributed by atoms with van der Waals surface area (Å²) in [5.41, 5.74) is 3.02. The molecule has 3 heteroatoms. The normalized spacial score (nSPS) is 11.1. The third kappa shape index (κ3) is 2.35. The summed E-state index contributed by atoms with van der Waals surface area (Å²) in [6, 6.07) is 6.03. The fraction of sp³-hybridized carbons (Fsp3) is 0.462. The van der Waals surface area contributed by atoms with Crippen molar-refractivity contribution in [2.45, 2.75) is 39.0 Å². The van der Waals surface area contributed by atoms with Gasteiger partial charge >= 0.3 is 5.69 Å². The van der Waals surface area contributed by atoms with Crippen molar-refractivity contribution in [2.24, 2.45) is 0 Å². The van der Waals surface area contributed by atoms with Crippen molar-refractivity contribution < 1.29 is 0 Å². The van der Waals surface area contributed by atoms with Gasteiger partial charge < -0.3 is 9.97 Å². The molecule has 16 heavy (non-hydrogen) atoms. The van der Waals surface area contributed by atoms with Gasteiger partial charge in [-0.15, -0.1) is 0 Å². The van der Waals surface area contributed by atoms with Crippen LogP contribution in [-0.2, 0) is 6.42 Å². The molecule has 1 aromatic carbocycles. The van der Waals surface area contributed by atoms with E-state index in [0.717, 1.165) is 17.5 Å². The Morgan fingerprint density at radius 2 is 2.00 bits per heavy atom. The minimum atomic E-state index is -0.115. The van der Waals surface area contributed by atoms with Crippen molar-refractivity contribution in [1.82, 2.24) is 9.97 Å². The first-order valence-corrected chi connectivity index (χ1v) is 6.01. The van der Waals surface area contributed by atoms with Crippen molar-refractivity contribution >= 4 is 11.0 Å². The molecular weight excluding hydrogens is 200 g/mol. The molecule has 0 aliphatic heterocycles. The van der Waals surface area contributed by atoms with Gasteiger partial charge in [0, 0.05) is 0 Å². The fourth-order valence-electron chi connectivity index (χ4n) is 2.07. The molecule has 0 amide bonds. The SMILES string of the molecule is CCCCCCc1cccc2[nH]c(=O)[nH]c12. The number of aromatic nitrogens is 2. The number of rotatable bonds is 5. The first kappa shape index (κ1) is 11.0. The van der Waals surface area contributed by atoms with Crippen LogP contribution in [0.4, 0.5) is 0 Å². The van der Waals surface area contributed by atoms with E-state index in [9.17, 15) is 4.79 Å². The van der Waals surface area contributed by atoms with E-state index in [1.807, 2.05) is 12.1 Å². The average Bonchev–Trinajstić information content (AvgIpc) is 2.65. The lowest BCUT2D eigenvalue weighted by Gasteiger charge is -2.02. The van der Waals surface area contributed by atoms with Gasteiger partial charge in [0.1, 0.15) is 0 Å². The number of imidazole rings is 1. The van der Waals surface area contributed by atoms with E-state index >= 15 is 0 Å². The summed E-state index contributed by atoms with van der Waals surface area (Å²) in [7, 11) is 0.